The molecule has 1 atom stereocenters. The molecule has 1 saturated heterocycles. The highest BCUT2D eigenvalue weighted by Crippen LogP contribution is 2.25. The third-order valence-corrected chi connectivity index (χ3v) is 4.37. The molecule has 1 aliphatic heterocycles. The SMILES string of the molecule is CC(O)C(C)(C)NC(=O)CC1CCSCC1. The molecule has 1 fully saturated rings. The van der Waals surface area contributed by atoms with E-state index in [1.807, 2.05) is 25.6 Å². The van der Waals surface area contributed by atoms with Crippen molar-refractivity contribution >= 4 is 17.7 Å². The molecule has 2 N–H and O–H groups in total. The van der Waals surface area contributed by atoms with Gasteiger partial charge in [-0.25, -0.2) is 0 Å². The van der Waals surface area contributed by atoms with Crippen LogP contribution in [0, 0.1) is 5.92 Å². The zero-order chi connectivity index (χ0) is 12.2. The first-order valence-corrected chi connectivity index (χ1v) is 7.14. The van der Waals surface area contributed by atoms with Crippen LogP contribution in [0.2, 0.25) is 0 Å². The fourth-order valence-corrected chi connectivity index (χ4v) is 2.93. The number of amides is 1. The van der Waals surface area contributed by atoms with Gasteiger partial charge in [-0.2, -0.15) is 11.8 Å². The summed E-state index contributed by atoms with van der Waals surface area (Å²) in [5.74, 6) is 2.96. The second kappa shape index (κ2) is 5.92. The van der Waals surface area contributed by atoms with Crippen LogP contribution in [-0.4, -0.2) is 34.2 Å². The molecule has 0 radical (unpaired) electrons. The minimum atomic E-state index is -0.529. The summed E-state index contributed by atoms with van der Waals surface area (Å²) in [4.78, 5) is 11.8. The van der Waals surface area contributed by atoms with Crippen molar-refractivity contribution in [2.45, 2.75) is 51.7 Å². The van der Waals surface area contributed by atoms with Crippen LogP contribution in [0.5, 0.6) is 0 Å². The Balaban J connectivity index is 2.34. The number of carbonyl (C=O) groups is 1. The van der Waals surface area contributed by atoms with Gasteiger partial charge in [-0.3, -0.25) is 4.79 Å². The molecule has 4 heteroatoms. The van der Waals surface area contributed by atoms with Gasteiger partial charge in [-0.05, 0) is 51.0 Å². The summed E-state index contributed by atoms with van der Waals surface area (Å²) in [6, 6.07) is 0. The summed E-state index contributed by atoms with van der Waals surface area (Å²) in [6.07, 6.45) is 2.37. The van der Waals surface area contributed by atoms with E-state index in [1.54, 1.807) is 6.92 Å². The Kier molecular flexibility index (Phi) is 5.12. The largest absolute Gasteiger partial charge is 0.391 e. The van der Waals surface area contributed by atoms with Gasteiger partial charge in [-0.15, -0.1) is 0 Å². The van der Waals surface area contributed by atoms with Crippen molar-refractivity contribution in [2.24, 2.45) is 5.92 Å². The molecule has 3 nitrogen and oxygen atoms in total. The molecule has 0 saturated carbocycles. The molecule has 0 aromatic carbocycles. The van der Waals surface area contributed by atoms with Gasteiger partial charge in [0.1, 0.15) is 0 Å². The van der Waals surface area contributed by atoms with Gasteiger partial charge in [0.05, 0.1) is 11.6 Å². The van der Waals surface area contributed by atoms with Crippen molar-refractivity contribution in [1.82, 2.24) is 5.32 Å². The predicted octanol–water partition coefficient (Wildman–Crippen LogP) is 1.80. The molecule has 1 rings (SSSR count). The lowest BCUT2D eigenvalue weighted by molar-refractivity contribution is -0.125. The van der Waals surface area contributed by atoms with Crippen LogP contribution in [0.3, 0.4) is 0 Å². The highest BCUT2D eigenvalue weighted by atomic mass is 32.2. The van der Waals surface area contributed by atoms with Gasteiger partial charge in [0.2, 0.25) is 5.91 Å². The lowest BCUT2D eigenvalue weighted by Gasteiger charge is -2.30. The van der Waals surface area contributed by atoms with Crippen LogP contribution in [0.25, 0.3) is 0 Å². The fourth-order valence-electron chi connectivity index (χ4n) is 1.73. The van der Waals surface area contributed by atoms with Gasteiger partial charge in [0, 0.05) is 6.42 Å². The molecule has 1 heterocycles. The van der Waals surface area contributed by atoms with E-state index in [0.717, 1.165) is 12.8 Å². The molecular weight excluding hydrogens is 222 g/mol. The average molecular weight is 245 g/mol. The van der Waals surface area contributed by atoms with E-state index >= 15 is 0 Å². The normalized spacial score (nSPS) is 20.5. The van der Waals surface area contributed by atoms with Gasteiger partial charge >= 0.3 is 0 Å². The van der Waals surface area contributed by atoms with Crippen LogP contribution in [0.15, 0.2) is 0 Å². The third kappa shape index (κ3) is 4.34. The topological polar surface area (TPSA) is 49.3 Å². The van der Waals surface area contributed by atoms with Gasteiger partial charge in [0.15, 0.2) is 0 Å². The summed E-state index contributed by atoms with van der Waals surface area (Å²) in [5, 5.41) is 12.4. The number of aliphatic hydroxyl groups is 1. The Labute approximate surface area is 102 Å². The minimum absolute atomic E-state index is 0.0720. The summed E-state index contributed by atoms with van der Waals surface area (Å²) < 4.78 is 0. The third-order valence-electron chi connectivity index (χ3n) is 3.32. The Morgan fingerprint density at radius 1 is 1.50 bits per heavy atom. The number of hydrogen-bond donors (Lipinski definition) is 2. The fraction of sp³-hybridized carbons (Fsp3) is 0.917. The molecule has 0 aromatic heterocycles. The van der Waals surface area contributed by atoms with Crippen molar-refractivity contribution in [3.05, 3.63) is 0 Å². The standard InChI is InChI=1S/C12H23NO2S/c1-9(14)12(2,3)13-11(15)8-10-4-6-16-7-5-10/h9-10,14H,4-8H2,1-3H3,(H,13,15). The predicted molar refractivity (Wildman–Crippen MR) is 68.6 cm³/mol. The zero-order valence-electron chi connectivity index (χ0n) is 10.5. The Hall–Kier alpha value is -0.220. The summed E-state index contributed by atoms with van der Waals surface area (Å²) in [5.41, 5.74) is -0.527. The maximum absolute atomic E-state index is 11.8. The Morgan fingerprint density at radius 3 is 2.56 bits per heavy atom. The van der Waals surface area contributed by atoms with Crippen molar-refractivity contribution in [3.8, 4) is 0 Å². The van der Waals surface area contributed by atoms with E-state index in [1.165, 1.54) is 11.5 Å². The van der Waals surface area contributed by atoms with Gasteiger partial charge in [-0.1, -0.05) is 0 Å². The summed E-state index contributed by atoms with van der Waals surface area (Å²) in [7, 11) is 0. The summed E-state index contributed by atoms with van der Waals surface area (Å²) >= 11 is 1.97. The van der Waals surface area contributed by atoms with E-state index in [-0.39, 0.29) is 5.91 Å². The molecule has 0 spiro atoms. The Morgan fingerprint density at radius 2 is 2.06 bits per heavy atom. The van der Waals surface area contributed by atoms with Crippen LogP contribution < -0.4 is 5.32 Å². The molecule has 1 aliphatic rings. The molecular formula is C12H23NO2S. The van der Waals surface area contributed by atoms with Crippen molar-refractivity contribution in [1.29, 1.82) is 0 Å². The van der Waals surface area contributed by atoms with Crippen LogP contribution in [-0.2, 0) is 4.79 Å². The quantitative estimate of drug-likeness (QED) is 0.794. The van der Waals surface area contributed by atoms with Crippen molar-refractivity contribution < 1.29 is 9.90 Å². The first-order chi connectivity index (χ1) is 7.42. The molecule has 0 aromatic rings. The maximum atomic E-state index is 11.8. The van der Waals surface area contributed by atoms with Crippen molar-refractivity contribution in [2.75, 3.05) is 11.5 Å². The van der Waals surface area contributed by atoms with Gasteiger partial charge in [0.25, 0.3) is 0 Å². The highest BCUT2D eigenvalue weighted by molar-refractivity contribution is 7.99. The minimum Gasteiger partial charge on any atom is -0.391 e. The first-order valence-electron chi connectivity index (χ1n) is 5.98. The molecule has 1 amide bonds. The Bertz CT molecular complexity index is 235. The molecule has 16 heavy (non-hydrogen) atoms. The van der Waals surface area contributed by atoms with Gasteiger partial charge < -0.3 is 10.4 Å². The second-order valence-corrected chi connectivity index (χ2v) is 6.43. The molecule has 0 bridgehead atoms. The monoisotopic (exact) mass is 245 g/mol. The summed E-state index contributed by atoms with van der Waals surface area (Å²) in [6.45, 7) is 5.41. The second-order valence-electron chi connectivity index (χ2n) is 5.21. The maximum Gasteiger partial charge on any atom is 0.220 e. The number of hydrogen-bond acceptors (Lipinski definition) is 3. The number of carbonyl (C=O) groups excluding carboxylic acids is 1. The number of thioether (sulfide) groups is 1. The van der Waals surface area contributed by atoms with Crippen molar-refractivity contribution in [3.63, 3.8) is 0 Å². The number of nitrogens with one attached hydrogen (secondary N) is 1. The van der Waals surface area contributed by atoms with E-state index in [0.29, 0.717) is 12.3 Å². The lowest BCUT2D eigenvalue weighted by atomic mass is 9.95. The zero-order valence-corrected chi connectivity index (χ0v) is 11.3. The number of aliphatic hydroxyl groups excluding tert-OH is 1. The molecule has 0 aliphatic carbocycles. The highest BCUT2D eigenvalue weighted by Gasteiger charge is 2.27. The van der Waals surface area contributed by atoms with E-state index in [4.69, 9.17) is 0 Å². The molecule has 1 unspecified atom stereocenters. The number of rotatable bonds is 4. The lowest BCUT2D eigenvalue weighted by Crippen LogP contribution is -2.51. The first kappa shape index (κ1) is 13.8. The van der Waals surface area contributed by atoms with E-state index in [9.17, 15) is 9.90 Å². The smallest absolute Gasteiger partial charge is 0.220 e. The van der Waals surface area contributed by atoms with Crippen LogP contribution >= 0.6 is 11.8 Å². The molecule has 94 valence electrons. The van der Waals surface area contributed by atoms with E-state index < -0.39 is 11.6 Å². The van der Waals surface area contributed by atoms with Crippen LogP contribution in [0.4, 0.5) is 0 Å². The average Bonchev–Trinajstić information content (AvgIpc) is 2.17. The van der Waals surface area contributed by atoms with Crippen LogP contribution in [0.1, 0.15) is 40.0 Å². The van der Waals surface area contributed by atoms with E-state index in [2.05, 4.69) is 5.32 Å².